The zero-order chi connectivity index (χ0) is 19.6. The maximum Gasteiger partial charge on any atom is 0.293 e. The second-order valence-electron chi connectivity index (χ2n) is 6.32. The molecule has 9 heteroatoms. The number of nitro benzene ring substituents is 1. The highest BCUT2D eigenvalue weighted by Gasteiger charge is 2.33. The van der Waals surface area contributed by atoms with Crippen molar-refractivity contribution in [2.24, 2.45) is 0 Å². The van der Waals surface area contributed by atoms with Gasteiger partial charge in [0.25, 0.3) is 5.69 Å². The van der Waals surface area contributed by atoms with E-state index in [0.29, 0.717) is 12.2 Å². The van der Waals surface area contributed by atoms with E-state index in [2.05, 4.69) is 4.72 Å². The standard InChI is InChI=1S/C18H21N3O5S/c1-19-27(24,25)16-9-10-17(18(11-16)21(22)23)20(14-5-6-14)12-13-3-7-15(26-2)8-4-13/h3-4,7-11,14,19H,5-6,12H2,1-2H3. The summed E-state index contributed by atoms with van der Waals surface area (Å²) in [7, 11) is -0.889. The Hall–Kier alpha value is -2.65. The summed E-state index contributed by atoms with van der Waals surface area (Å²) in [5.74, 6) is 0.740. The molecule has 1 aliphatic carbocycles. The molecule has 0 aromatic heterocycles. The first-order valence-corrected chi connectivity index (χ1v) is 9.95. The van der Waals surface area contributed by atoms with Gasteiger partial charge in [-0.3, -0.25) is 10.1 Å². The minimum atomic E-state index is -3.75. The smallest absolute Gasteiger partial charge is 0.293 e. The molecule has 0 heterocycles. The number of nitro groups is 1. The molecular weight excluding hydrogens is 370 g/mol. The lowest BCUT2D eigenvalue weighted by atomic mass is 10.1. The molecule has 8 nitrogen and oxygen atoms in total. The van der Waals surface area contributed by atoms with E-state index < -0.39 is 14.9 Å². The van der Waals surface area contributed by atoms with Crippen molar-refractivity contribution >= 4 is 21.4 Å². The van der Waals surface area contributed by atoms with Crippen molar-refractivity contribution in [3.05, 3.63) is 58.1 Å². The average Bonchev–Trinajstić information content (AvgIpc) is 3.51. The summed E-state index contributed by atoms with van der Waals surface area (Å²) in [6.45, 7) is 0.494. The monoisotopic (exact) mass is 391 g/mol. The van der Waals surface area contributed by atoms with E-state index in [4.69, 9.17) is 4.74 Å². The highest BCUT2D eigenvalue weighted by atomic mass is 32.2. The molecule has 1 N–H and O–H groups in total. The van der Waals surface area contributed by atoms with Gasteiger partial charge in [0.15, 0.2) is 0 Å². The van der Waals surface area contributed by atoms with Crippen LogP contribution < -0.4 is 14.4 Å². The quantitative estimate of drug-likeness (QED) is 0.548. The molecule has 0 bridgehead atoms. The lowest BCUT2D eigenvalue weighted by Crippen LogP contribution is -2.26. The van der Waals surface area contributed by atoms with E-state index in [1.54, 1.807) is 7.11 Å². The Morgan fingerprint density at radius 3 is 2.41 bits per heavy atom. The number of anilines is 1. The van der Waals surface area contributed by atoms with Gasteiger partial charge in [-0.2, -0.15) is 0 Å². The zero-order valence-corrected chi connectivity index (χ0v) is 15.9. The molecule has 0 saturated heterocycles. The third-order valence-electron chi connectivity index (χ3n) is 4.53. The van der Waals surface area contributed by atoms with Crippen LogP contribution >= 0.6 is 0 Å². The van der Waals surface area contributed by atoms with E-state index in [1.165, 1.54) is 19.2 Å². The van der Waals surface area contributed by atoms with Gasteiger partial charge >= 0.3 is 0 Å². The summed E-state index contributed by atoms with van der Waals surface area (Å²) in [5, 5.41) is 11.6. The van der Waals surface area contributed by atoms with Crippen LogP contribution in [-0.4, -0.2) is 33.5 Å². The van der Waals surface area contributed by atoms with Gasteiger partial charge in [-0.1, -0.05) is 12.1 Å². The van der Waals surface area contributed by atoms with Crippen molar-refractivity contribution in [2.75, 3.05) is 19.1 Å². The van der Waals surface area contributed by atoms with E-state index in [9.17, 15) is 18.5 Å². The van der Waals surface area contributed by atoms with Crippen LogP contribution in [0.15, 0.2) is 47.4 Å². The largest absolute Gasteiger partial charge is 0.497 e. The Morgan fingerprint density at radius 2 is 1.89 bits per heavy atom. The Balaban J connectivity index is 1.98. The molecule has 1 aliphatic rings. The number of hydrogen-bond acceptors (Lipinski definition) is 6. The molecule has 2 aromatic carbocycles. The summed E-state index contributed by atoms with van der Waals surface area (Å²) in [6.07, 6.45) is 1.90. The summed E-state index contributed by atoms with van der Waals surface area (Å²) >= 11 is 0. The zero-order valence-electron chi connectivity index (χ0n) is 15.1. The number of hydrogen-bond donors (Lipinski definition) is 1. The maximum atomic E-state index is 12.0. The lowest BCUT2D eigenvalue weighted by molar-refractivity contribution is -0.384. The molecule has 1 fully saturated rings. The number of benzene rings is 2. The van der Waals surface area contributed by atoms with Gasteiger partial charge in [0.2, 0.25) is 10.0 Å². The van der Waals surface area contributed by atoms with Crippen molar-refractivity contribution in [3.63, 3.8) is 0 Å². The van der Waals surface area contributed by atoms with Gasteiger partial charge in [0.05, 0.1) is 16.9 Å². The molecule has 1 saturated carbocycles. The van der Waals surface area contributed by atoms with Crippen LogP contribution in [0.2, 0.25) is 0 Å². The fraction of sp³-hybridized carbons (Fsp3) is 0.333. The van der Waals surface area contributed by atoms with Gasteiger partial charge in [-0.15, -0.1) is 0 Å². The van der Waals surface area contributed by atoms with Crippen LogP contribution in [0.25, 0.3) is 0 Å². The summed E-state index contributed by atoms with van der Waals surface area (Å²) in [5.41, 5.74) is 1.20. The Labute approximate surface area is 158 Å². The van der Waals surface area contributed by atoms with Crippen molar-refractivity contribution in [3.8, 4) is 5.75 Å². The summed E-state index contributed by atoms with van der Waals surface area (Å²) in [6, 6.07) is 11.8. The number of nitrogens with one attached hydrogen (secondary N) is 1. The lowest BCUT2D eigenvalue weighted by Gasteiger charge is -2.25. The van der Waals surface area contributed by atoms with Gasteiger partial charge in [-0.25, -0.2) is 13.1 Å². The van der Waals surface area contributed by atoms with E-state index >= 15 is 0 Å². The Bertz CT molecular complexity index is 940. The minimum absolute atomic E-state index is 0.124. The number of ether oxygens (including phenoxy) is 1. The summed E-state index contributed by atoms with van der Waals surface area (Å²) in [4.78, 5) is 12.9. The van der Waals surface area contributed by atoms with Crippen molar-refractivity contribution in [1.82, 2.24) is 4.72 Å². The van der Waals surface area contributed by atoms with Crippen LogP contribution in [0.3, 0.4) is 0 Å². The Kier molecular flexibility index (Phi) is 5.33. The van der Waals surface area contributed by atoms with Crippen LogP contribution in [0.1, 0.15) is 18.4 Å². The number of rotatable bonds is 8. The molecule has 0 unspecified atom stereocenters. The molecule has 0 radical (unpaired) electrons. The third-order valence-corrected chi connectivity index (χ3v) is 5.94. The van der Waals surface area contributed by atoms with Crippen molar-refractivity contribution in [1.29, 1.82) is 0 Å². The van der Waals surface area contributed by atoms with E-state index in [0.717, 1.165) is 30.2 Å². The molecule has 0 atom stereocenters. The fourth-order valence-corrected chi connectivity index (χ4v) is 3.65. The van der Waals surface area contributed by atoms with E-state index in [-0.39, 0.29) is 16.6 Å². The topological polar surface area (TPSA) is 102 Å². The minimum Gasteiger partial charge on any atom is -0.497 e. The average molecular weight is 391 g/mol. The Morgan fingerprint density at radius 1 is 1.22 bits per heavy atom. The fourth-order valence-electron chi connectivity index (χ4n) is 2.90. The third kappa shape index (κ3) is 4.20. The van der Waals surface area contributed by atoms with Crippen molar-refractivity contribution < 1.29 is 18.1 Å². The van der Waals surface area contributed by atoms with Gasteiger partial charge < -0.3 is 9.64 Å². The molecule has 0 amide bonds. The van der Waals surface area contributed by atoms with Crippen LogP contribution in [0, 0.1) is 10.1 Å². The number of methoxy groups -OCH3 is 1. The SMILES string of the molecule is CNS(=O)(=O)c1ccc(N(Cc2ccc(OC)cc2)C2CC2)c([N+](=O)[O-])c1. The molecule has 2 aromatic rings. The predicted octanol–water partition coefficient (Wildman–Crippen LogP) is 2.68. The molecule has 0 aliphatic heterocycles. The first-order valence-electron chi connectivity index (χ1n) is 8.47. The van der Waals surface area contributed by atoms with E-state index in [1.807, 2.05) is 29.2 Å². The van der Waals surface area contributed by atoms with Gasteiger partial charge in [0, 0.05) is 18.7 Å². The number of nitrogens with zero attached hydrogens (tertiary/aromatic N) is 2. The normalized spacial score (nSPS) is 14.0. The van der Waals surface area contributed by atoms with Gasteiger partial charge in [0.1, 0.15) is 11.4 Å². The second-order valence-corrected chi connectivity index (χ2v) is 8.21. The highest BCUT2D eigenvalue weighted by molar-refractivity contribution is 7.89. The molecule has 3 rings (SSSR count). The maximum absolute atomic E-state index is 12.0. The summed E-state index contributed by atoms with van der Waals surface area (Å²) < 4.78 is 31.3. The van der Waals surface area contributed by atoms with Crippen LogP contribution in [0.4, 0.5) is 11.4 Å². The second kappa shape index (κ2) is 7.53. The van der Waals surface area contributed by atoms with Crippen LogP contribution in [-0.2, 0) is 16.6 Å². The first-order chi connectivity index (χ1) is 12.9. The number of sulfonamides is 1. The van der Waals surface area contributed by atoms with Crippen molar-refractivity contribution in [2.45, 2.75) is 30.3 Å². The predicted molar refractivity (Wildman–Crippen MR) is 102 cm³/mol. The molecule has 144 valence electrons. The van der Waals surface area contributed by atoms with Crippen LogP contribution in [0.5, 0.6) is 5.75 Å². The first kappa shape index (κ1) is 19.1. The highest BCUT2D eigenvalue weighted by Crippen LogP contribution is 2.39. The molecule has 0 spiro atoms. The molecular formula is C18H21N3O5S. The molecule has 27 heavy (non-hydrogen) atoms. The van der Waals surface area contributed by atoms with Gasteiger partial charge in [-0.05, 0) is 49.7 Å².